The maximum Gasteiger partial charge on any atom is 0.193 e. The highest BCUT2D eigenvalue weighted by Crippen LogP contribution is 2.05. The molecule has 8 heteroatoms. The van der Waals surface area contributed by atoms with Gasteiger partial charge in [0.1, 0.15) is 12.2 Å². The van der Waals surface area contributed by atoms with Crippen LogP contribution in [-0.2, 0) is 20.0 Å². The van der Waals surface area contributed by atoms with Crippen LogP contribution < -0.4 is 5.32 Å². The first kappa shape index (κ1) is 19.3. The Balaban J connectivity index is 0.00000264. The molecule has 7 nitrogen and oxygen atoms in total. The average Bonchev–Trinajstić information content (AvgIpc) is 2.90. The molecular weight excluding hydrogens is 405 g/mol. The van der Waals surface area contributed by atoms with Gasteiger partial charge in [0.2, 0.25) is 0 Å². The van der Waals surface area contributed by atoms with Gasteiger partial charge in [-0.3, -0.25) is 14.7 Å². The van der Waals surface area contributed by atoms with Gasteiger partial charge >= 0.3 is 0 Å². The standard InChI is InChI=1S/C15H23N7.HI/c1-12-9-17-7-5-13(12)6-8-18-15(16-2)21(3)10-14-19-11-20-22(14)4;/h5,7,9,11H,6,8,10H2,1-4H3,(H,16,18);1H. The molecule has 0 saturated heterocycles. The number of aromatic nitrogens is 4. The van der Waals surface area contributed by atoms with E-state index in [4.69, 9.17) is 0 Å². The van der Waals surface area contributed by atoms with Gasteiger partial charge in [0.15, 0.2) is 5.96 Å². The average molecular weight is 429 g/mol. The van der Waals surface area contributed by atoms with Crippen LogP contribution in [0.15, 0.2) is 29.8 Å². The lowest BCUT2D eigenvalue weighted by atomic mass is 10.1. The summed E-state index contributed by atoms with van der Waals surface area (Å²) in [6, 6.07) is 2.06. The van der Waals surface area contributed by atoms with Crippen molar-refractivity contribution in [3.8, 4) is 0 Å². The van der Waals surface area contributed by atoms with E-state index in [2.05, 4.69) is 38.4 Å². The van der Waals surface area contributed by atoms with E-state index in [0.29, 0.717) is 6.54 Å². The van der Waals surface area contributed by atoms with Crippen LogP contribution in [0.4, 0.5) is 0 Å². The van der Waals surface area contributed by atoms with E-state index >= 15 is 0 Å². The Morgan fingerprint density at radius 2 is 2.22 bits per heavy atom. The van der Waals surface area contributed by atoms with E-state index in [9.17, 15) is 0 Å². The van der Waals surface area contributed by atoms with Crippen molar-refractivity contribution in [2.75, 3.05) is 20.6 Å². The molecule has 0 aliphatic heterocycles. The fourth-order valence-corrected chi connectivity index (χ4v) is 2.23. The van der Waals surface area contributed by atoms with E-state index < -0.39 is 0 Å². The smallest absolute Gasteiger partial charge is 0.193 e. The number of aryl methyl sites for hydroxylation is 2. The number of hydrogen-bond donors (Lipinski definition) is 1. The lowest BCUT2D eigenvalue weighted by Gasteiger charge is -2.21. The van der Waals surface area contributed by atoms with Crippen LogP contribution in [0.3, 0.4) is 0 Å². The first-order valence-corrected chi connectivity index (χ1v) is 7.26. The second-order valence-corrected chi connectivity index (χ2v) is 5.18. The highest BCUT2D eigenvalue weighted by Gasteiger charge is 2.09. The van der Waals surface area contributed by atoms with Gasteiger partial charge in [-0.2, -0.15) is 5.10 Å². The molecule has 0 radical (unpaired) electrons. The van der Waals surface area contributed by atoms with Crippen LogP contribution >= 0.6 is 24.0 Å². The predicted octanol–water partition coefficient (Wildman–Crippen LogP) is 1.39. The summed E-state index contributed by atoms with van der Waals surface area (Å²) in [6.07, 6.45) is 6.22. The molecule has 0 atom stereocenters. The van der Waals surface area contributed by atoms with Gasteiger partial charge in [-0.05, 0) is 30.5 Å². The van der Waals surface area contributed by atoms with Gasteiger partial charge in [-0.25, -0.2) is 4.98 Å². The monoisotopic (exact) mass is 429 g/mol. The Hall–Kier alpha value is -1.71. The first-order chi connectivity index (χ1) is 10.6. The number of hydrogen-bond acceptors (Lipinski definition) is 4. The van der Waals surface area contributed by atoms with E-state index in [-0.39, 0.29) is 24.0 Å². The molecule has 0 bridgehead atoms. The minimum atomic E-state index is 0. The minimum absolute atomic E-state index is 0. The van der Waals surface area contributed by atoms with Crippen molar-refractivity contribution >= 4 is 29.9 Å². The van der Waals surface area contributed by atoms with Gasteiger partial charge in [0.25, 0.3) is 0 Å². The van der Waals surface area contributed by atoms with E-state index in [1.54, 1.807) is 18.1 Å². The number of rotatable bonds is 5. The Kier molecular flexibility index (Phi) is 7.93. The lowest BCUT2D eigenvalue weighted by molar-refractivity contribution is 0.449. The van der Waals surface area contributed by atoms with E-state index in [1.165, 1.54) is 11.1 Å². The first-order valence-electron chi connectivity index (χ1n) is 7.26. The van der Waals surface area contributed by atoms with Crippen molar-refractivity contribution < 1.29 is 0 Å². The highest BCUT2D eigenvalue weighted by atomic mass is 127. The van der Waals surface area contributed by atoms with Crippen molar-refractivity contribution in [3.63, 3.8) is 0 Å². The summed E-state index contributed by atoms with van der Waals surface area (Å²) in [5.41, 5.74) is 2.51. The van der Waals surface area contributed by atoms with E-state index in [1.807, 2.05) is 31.4 Å². The number of guanidine groups is 1. The summed E-state index contributed by atoms with van der Waals surface area (Å²) < 4.78 is 1.77. The van der Waals surface area contributed by atoms with Crippen LogP contribution in [0.1, 0.15) is 17.0 Å². The maximum absolute atomic E-state index is 4.31. The van der Waals surface area contributed by atoms with Crippen molar-refractivity contribution in [2.45, 2.75) is 19.9 Å². The molecule has 2 heterocycles. The molecule has 0 unspecified atom stereocenters. The van der Waals surface area contributed by atoms with Crippen LogP contribution in [-0.4, -0.2) is 51.2 Å². The van der Waals surface area contributed by atoms with Gasteiger partial charge in [-0.15, -0.1) is 24.0 Å². The molecule has 0 aliphatic rings. The van der Waals surface area contributed by atoms with Crippen molar-refractivity contribution in [3.05, 3.63) is 41.7 Å². The van der Waals surface area contributed by atoms with Gasteiger partial charge in [0, 0.05) is 40.1 Å². The van der Waals surface area contributed by atoms with E-state index in [0.717, 1.165) is 24.7 Å². The lowest BCUT2D eigenvalue weighted by Crippen LogP contribution is -2.39. The summed E-state index contributed by atoms with van der Waals surface area (Å²) in [4.78, 5) is 14.7. The Morgan fingerprint density at radius 3 is 2.83 bits per heavy atom. The SMILES string of the molecule is CN=C(NCCc1ccncc1C)N(C)Cc1ncnn1C.I. The third kappa shape index (κ3) is 5.45. The van der Waals surface area contributed by atoms with Crippen LogP contribution in [0.25, 0.3) is 0 Å². The molecule has 0 amide bonds. The summed E-state index contributed by atoms with van der Waals surface area (Å²) >= 11 is 0. The van der Waals surface area contributed by atoms with Gasteiger partial charge < -0.3 is 10.2 Å². The number of halogens is 1. The Labute approximate surface area is 154 Å². The molecule has 1 N–H and O–H groups in total. The maximum atomic E-state index is 4.31. The topological polar surface area (TPSA) is 71.2 Å². The van der Waals surface area contributed by atoms with Gasteiger partial charge in [-0.1, -0.05) is 0 Å². The Morgan fingerprint density at radius 1 is 1.43 bits per heavy atom. The summed E-state index contributed by atoms with van der Waals surface area (Å²) in [5, 5.41) is 7.45. The van der Waals surface area contributed by atoms with Crippen molar-refractivity contribution in [1.82, 2.24) is 30.0 Å². The predicted molar refractivity (Wildman–Crippen MR) is 102 cm³/mol. The highest BCUT2D eigenvalue weighted by molar-refractivity contribution is 14.0. The molecule has 2 aromatic rings. The molecule has 0 fully saturated rings. The number of pyridine rings is 1. The molecular formula is C15H24IN7. The normalized spacial score (nSPS) is 11.0. The summed E-state index contributed by atoms with van der Waals surface area (Å²) in [6.45, 7) is 3.56. The summed E-state index contributed by atoms with van der Waals surface area (Å²) in [7, 11) is 5.66. The molecule has 0 aromatic carbocycles. The minimum Gasteiger partial charge on any atom is -0.356 e. The van der Waals surface area contributed by atoms with Crippen LogP contribution in [0.5, 0.6) is 0 Å². The zero-order chi connectivity index (χ0) is 15.9. The fourth-order valence-electron chi connectivity index (χ4n) is 2.23. The molecule has 2 rings (SSSR count). The number of nitrogens with zero attached hydrogens (tertiary/aromatic N) is 6. The molecule has 0 spiro atoms. The molecule has 0 saturated carbocycles. The largest absolute Gasteiger partial charge is 0.356 e. The van der Waals surface area contributed by atoms with Crippen molar-refractivity contribution in [1.29, 1.82) is 0 Å². The van der Waals surface area contributed by atoms with Gasteiger partial charge in [0.05, 0.1) is 6.54 Å². The zero-order valence-corrected chi connectivity index (χ0v) is 16.4. The number of aliphatic imine (C=N–C) groups is 1. The second-order valence-electron chi connectivity index (χ2n) is 5.18. The fraction of sp³-hybridized carbons (Fsp3) is 0.467. The quantitative estimate of drug-likeness (QED) is 0.442. The Bertz CT molecular complexity index is 638. The third-order valence-electron chi connectivity index (χ3n) is 3.57. The molecule has 0 aliphatic carbocycles. The molecule has 126 valence electrons. The second kappa shape index (κ2) is 9.43. The molecule has 2 aromatic heterocycles. The van der Waals surface area contributed by atoms with Crippen LogP contribution in [0, 0.1) is 6.92 Å². The summed E-state index contributed by atoms with van der Waals surface area (Å²) in [5.74, 6) is 1.74. The van der Waals surface area contributed by atoms with Crippen molar-refractivity contribution in [2.24, 2.45) is 12.0 Å². The third-order valence-corrected chi connectivity index (χ3v) is 3.57. The number of nitrogens with one attached hydrogen (secondary N) is 1. The zero-order valence-electron chi connectivity index (χ0n) is 14.0. The molecule has 23 heavy (non-hydrogen) atoms. The van der Waals surface area contributed by atoms with Crippen LogP contribution in [0.2, 0.25) is 0 Å².